The third kappa shape index (κ3) is 4.09. The first-order valence-electron chi connectivity index (χ1n) is 8.33. The fraction of sp³-hybridized carbons (Fsp3) is 0.421. The molecule has 23 heavy (non-hydrogen) atoms. The number of aliphatic hydroxyl groups excluding tert-OH is 1. The molecule has 1 aliphatic rings. The highest BCUT2D eigenvalue weighted by Gasteiger charge is 2.27. The first-order valence-corrected chi connectivity index (χ1v) is 8.33. The molecule has 0 radical (unpaired) electrons. The standard InChI is InChI=1S/C19H25N3O/c1-21-15-11-20-19(21)18(23)17-9-13-22(14-10-17)12-5-8-16-6-3-2-4-7-16/h2-8,11,15,17-18,23H,9-10,12-14H2,1H3/b8-5+. The topological polar surface area (TPSA) is 41.3 Å². The van der Waals surface area contributed by atoms with Crippen LogP contribution >= 0.6 is 0 Å². The number of piperidine rings is 1. The predicted molar refractivity (Wildman–Crippen MR) is 92.8 cm³/mol. The van der Waals surface area contributed by atoms with Crippen molar-refractivity contribution in [3.05, 3.63) is 60.2 Å². The molecule has 1 saturated heterocycles. The number of aryl methyl sites for hydroxylation is 1. The fourth-order valence-electron chi connectivity index (χ4n) is 3.23. The van der Waals surface area contributed by atoms with Gasteiger partial charge in [-0.05, 0) is 37.4 Å². The van der Waals surface area contributed by atoms with Crippen LogP contribution in [0.15, 0.2) is 48.8 Å². The number of hydrogen-bond acceptors (Lipinski definition) is 3. The molecule has 0 spiro atoms. The summed E-state index contributed by atoms with van der Waals surface area (Å²) in [4.78, 5) is 6.73. The van der Waals surface area contributed by atoms with Gasteiger partial charge in [-0.15, -0.1) is 0 Å². The van der Waals surface area contributed by atoms with Gasteiger partial charge in [0, 0.05) is 26.0 Å². The van der Waals surface area contributed by atoms with Crippen LogP contribution < -0.4 is 0 Å². The largest absolute Gasteiger partial charge is 0.385 e. The fourth-order valence-corrected chi connectivity index (χ4v) is 3.23. The van der Waals surface area contributed by atoms with Gasteiger partial charge in [0.15, 0.2) is 0 Å². The molecule has 2 heterocycles. The van der Waals surface area contributed by atoms with E-state index >= 15 is 0 Å². The van der Waals surface area contributed by atoms with Gasteiger partial charge in [0.05, 0.1) is 0 Å². The minimum absolute atomic E-state index is 0.311. The Bertz CT molecular complexity index is 627. The van der Waals surface area contributed by atoms with Gasteiger partial charge in [-0.1, -0.05) is 42.5 Å². The lowest BCUT2D eigenvalue weighted by Gasteiger charge is -2.33. The van der Waals surface area contributed by atoms with E-state index in [0.717, 1.165) is 38.3 Å². The molecule has 122 valence electrons. The number of hydrogen-bond donors (Lipinski definition) is 1. The summed E-state index contributed by atoms with van der Waals surface area (Å²) < 4.78 is 1.92. The average molecular weight is 311 g/mol. The smallest absolute Gasteiger partial charge is 0.137 e. The number of aromatic nitrogens is 2. The van der Waals surface area contributed by atoms with Crippen LogP contribution in [0, 0.1) is 5.92 Å². The number of benzene rings is 1. The Morgan fingerprint density at radius 1 is 1.26 bits per heavy atom. The normalized spacial score (nSPS) is 18.5. The van der Waals surface area contributed by atoms with E-state index in [1.165, 1.54) is 5.56 Å². The van der Waals surface area contributed by atoms with Gasteiger partial charge >= 0.3 is 0 Å². The molecule has 0 bridgehead atoms. The molecule has 0 aliphatic carbocycles. The zero-order valence-electron chi connectivity index (χ0n) is 13.7. The van der Waals surface area contributed by atoms with Gasteiger partial charge in [0.1, 0.15) is 11.9 Å². The van der Waals surface area contributed by atoms with Crippen molar-refractivity contribution in [2.24, 2.45) is 13.0 Å². The quantitative estimate of drug-likeness (QED) is 0.923. The Balaban J connectivity index is 1.47. The molecule has 1 atom stereocenters. The molecular weight excluding hydrogens is 286 g/mol. The first kappa shape index (κ1) is 16.0. The summed E-state index contributed by atoms with van der Waals surface area (Å²) in [7, 11) is 1.94. The monoisotopic (exact) mass is 311 g/mol. The van der Waals surface area contributed by atoms with Crippen LogP contribution in [0.2, 0.25) is 0 Å². The van der Waals surface area contributed by atoms with Crippen molar-refractivity contribution < 1.29 is 5.11 Å². The molecule has 2 aromatic rings. The van der Waals surface area contributed by atoms with E-state index in [-0.39, 0.29) is 0 Å². The van der Waals surface area contributed by atoms with E-state index in [2.05, 4.69) is 46.3 Å². The van der Waals surface area contributed by atoms with Crippen molar-refractivity contribution in [2.45, 2.75) is 18.9 Å². The minimum Gasteiger partial charge on any atom is -0.385 e. The SMILES string of the molecule is Cn1ccnc1C(O)C1CCN(C/C=C/c2ccccc2)CC1. The van der Waals surface area contributed by atoms with Gasteiger partial charge in [0.2, 0.25) is 0 Å². The van der Waals surface area contributed by atoms with Crippen molar-refractivity contribution in [1.29, 1.82) is 0 Å². The Morgan fingerprint density at radius 3 is 2.65 bits per heavy atom. The molecule has 4 nitrogen and oxygen atoms in total. The second kappa shape index (κ2) is 7.57. The van der Waals surface area contributed by atoms with Crippen LogP contribution in [0.25, 0.3) is 6.08 Å². The Hall–Kier alpha value is -1.91. The Kier molecular flexibility index (Phi) is 5.26. The molecule has 0 amide bonds. The summed E-state index contributed by atoms with van der Waals surface area (Å²) in [5.41, 5.74) is 1.24. The summed E-state index contributed by atoms with van der Waals surface area (Å²) in [6, 6.07) is 10.4. The lowest BCUT2D eigenvalue weighted by atomic mass is 9.90. The molecule has 1 aromatic heterocycles. The van der Waals surface area contributed by atoms with Gasteiger partial charge in [-0.3, -0.25) is 4.90 Å². The summed E-state index contributed by atoms with van der Waals surface area (Å²) in [6.07, 6.45) is 9.64. The highest BCUT2D eigenvalue weighted by Crippen LogP contribution is 2.29. The highest BCUT2D eigenvalue weighted by molar-refractivity contribution is 5.48. The third-order valence-corrected chi connectivity index (χ3v) is 4.68. The van der Waals surface area contributed by atoms with E-state index in [4.69, 9.17) is 0 Å². The van der Waals surface area contributed by atoms with E-state index in [1.807, 2.05) is 23.9 Å². The molecule has 0 saturated carbocycles. The number of likely N-dealkylation sites (tertiary alicyclic amines) is 1. The lowest BCUT2D eigenvalue weighted by molar-refractivity contribution is 0.0541. The first-order chi connectivity index (χ1) is 11.2. The van der Waals surface area contributed by atoms with Crippen molar-refractivity contribution in [1.82, 2.24) is 14.5 Å². The molecular formula is C19H25N3O. The van der Waals surface area contributed by atoms with Crippen LogP contribution in [0.4, 0.5) is 0 Å². The second-order valence-corrected chi connectivity index (χ2v) is 6.29. The van der Waals surface area contributed by atoms with Crippen LogP contribution in [0.1, 0.15) is 30.3 Å². The third-order valence-electron chi connectivity index (χ3n) is 4.68. The summed E-state index contributed by atoms with van der Waals surface area (Å²) in [5, 5.41) is 10.5. The van der Waals surface area contributed by atoms with Gasteiger partial charge in [0.25, 0.3) is 0 Å². The Morgan fingerprint density at radius 2 is 2.00 bits per heavy atom. The van der Waals surface area contributed by atoms with Gasteiger partial charge in [-0.2, -0.15) is 0 Å². The van der Waals surface area contributed by atoms with Crippen molar-refractivity contribution in [3.63, 3.8) is 0 Å². The minimum atomic E-state index is -0.447. The Labute approximate surface area is 138 Å². The number of nitrogens with zero attached hydrogens (tertiary/aromatic N) is 3. The van der Waals surface area contributed by atoms with Crippen LogP contribution in [0.5, 0.6) is 0 Å². The summed E-state index contributed by atoms with van der Waals surface area (Å²) in [6.45, 7) is 3.04. The van der Waals surface area contributed by atoms with Gasteiger partial charge in [-0.25, -0.2) is 4.98 Å². The average Bonchev–Trinajstić information content (AvgIpc) is 3.02. The maximum atomic E-state index is 10.5. The van der Waals surface area contributed by atoms with Crippen molar-refractivity contribution in [3.8, 4) is 0 Å². The number of aliphatic hydroxyl groups is 1. The van der Waals surface area contributed by atoms with Crippen LogP contribution in [0.3, 0.4) is 0 Å². The maximum absolute atomic E-state index is 10.5. The highest BCUT2D eigenvalue weighted by atomic mass is 16.3. The summed E-state index contributed by atoms with van der Waals surface area (Å²) in [5.74, 6) is 1.10. The van der Waals surface area contributed by atoms with Crippen LogP contribution in [-0.4, -0.2) is 39.2 Å². The van der Waals surface area contributed by atoms with Crippen LogP contribution in [-0.2, 0) is 7.05 Å². The van der Waals surface area contributed by atoms with Gasteiger partial charge < -0.3 is 9.67 Å². The predicted octanol–water partition coefficient (Wildman–Crippen LogP) is 2.88. The summed E-state index contributed by atoms with van der Waals surface area (Å²) >= 11 is 0. The molecule has 1 aliphatic heterocycles. The number of imidazole rings is 1. The maximum Gasteiger partial charge on any atom is 0.137 e. The molecule has 1 aromatic carbocycles. The number of rotatable bonds is 5. The second-order valence-electron chi connectivity index (χ2n) is 6.29. The molecule has 3 rings (SSSR count). The van der Waals surface area contributed by atoms with E-state index < -0.39 is 6.10 Å². The van der Waals surface area contributed by atoms with Crippen molar-refractivity contribution in [2.75, 3.05) is 19.6 Å². The van der Waals surface area contributed by atoms with Crippen molar-refractivity contribution >= 4 is 6.08 Å². The molecule has 4 heteroatoms. The molecule has 1 fully saturated rings. The molecule has 1 N–H and O–H groups in total. The zero-order chi connectivity index (χ0) is 16.1. The molecule has 1 unspecified atom stereocenters. The zero-order valence-corrected chi connectivity index (χ0v) is 13.7. The lowest BCUT2D eigenvalue weighted by Crippen LogP contribution is -2.36. The van der Waals surface area contributed by atoms with E-state index in [0.29, 0.717) is 5.92 Å². The van der Waals surface area contributed by atoms with E-state index in [1.54, 1.807) is 6.20 Å². The van der Waals surface area contributed by atoms with E-state index in [9.17, 15) is 5.11 Å².